The van der Waals surface area contributed by atoms with Gasteiger partial charge in [0, 0.05) is 12.6 Å². The molecule has 1 saturated heterocycles. The fourth-order valence-electron chi connectivity index (χ4n) is 2.73. The number of benzene rings is 1. The van der Waals surface area contributed by atoms with E-state index in [1.165, 1.54) is 11.1 Å². The number of ether oxygens (including phenoxy) is 1. The van der Waals surface area contributed by atoms with Crippen LogP contribution in [0.15, 0.2) is 24.3 Å². The molecule has 1 aliphatic heterocycles. The van der Waals surface area contributed by atoms with Crippen LogP contribution in [0.4, 0.5) is 0 Å². The SMILES string of the molecule is CCc1ccc(CNC2CC(C)OC(C)C2)cc1. The van der Waals surface area contributed by atoms with Crippen molar-refractivity contribution in [2.24, 2.45) is 0 Å². The molecule has 1 heterocycles. The average Bonchev–Trinajstić information content (AvgIpc) is 2.36. The van der Waals surface area contributed by atoms with Crippen molar-refractivity contribution in [2.75, 3.05) is 0 Å². The largest absolute Gasteiger partial charge is 0.375 e. The second-order valence-corrected chi connectivity index (χ2v) is 5.48. The Morgan fingerprint density at radius 1 is 1.06 bits per heavy atom. The van der Waals surface area contributed by atoms with Crippen molar-refractivity contribution < 1.29 is 4.74 Å². The highest BCUT2D eigenvalue weighted by Gasteiger charge is 2.23. The zero-order valence-electron chi connectivity index (χ0n) is 11.8. The normalized spacial score (nSPS) is 28.3. The molecule has 0 aliphatic carbocycles. The van der Waals surface area contributed by atoms with E-state index < -0.39 is 0 Å². The minimum absolute atomic E-state index is 0.383. The fourth-order valence-corrected chi connectivity index (χ4v) is 2.73. The first-order chi connectivity index (χ1) is 8.67. The summed E-state index contributed by atoms with van der Waals surface area (Å²) in [5.74, 6) is 0. The maximum atomic E-state index is 5.76. The molecular weight excluding hydrogens is 222 g/mol. The first-order valence-electron chi connectivity index (χ1n) is 7.14. The summed E-state index contributed by atoms with van der Waals surface area (Å²) in [5.41, 5.74) is 2.78. The van der Waals surface area contributed by atoms with Gasteiger partial charge in [0.05, 0.1) is 12.2 Å². The number of hydrogen-bond acceptors (Lipinski definition) is 2. The van der Waals surface area contributed by atoms with Gasteiger partial charge in [0.15, 0.2) is 0 Å². The predicted molar refractivity (Wildman–Crippen MR) is 75.7 cm³/mol. The monoisotopic (exact) mass is 247 g/mol. The molecule has 100 valence electrons. The van der Waals surface area contributed by atoms with Crippen LogP contribution in [0.25, 0.3) is 0 Å². The summed E-state index contributed by atoms with van der Waals surface area (Å²) < 4.78 is 5.76. The van der Waals surface area contributed by atoms with Crippen molar-refractivity contribution in [1.82, 2.24) is 5.32 Å². The number of aryl methyl sites for hydroxylation is 1. The molecule has 0 bridgehead atoms. The second-order valence-electron chi connectivity index (χ2n) is 5.48. The molecule has 1 aromatic carbocycles. The summed E-state index contributed by atoms with van der Waals surface area (Å²) in [5, 5.41) is 3.66. The smallest absolute Gasteiger partial charge is 0.0565 e. The molecule has 2 atom stereocenters. The van der Waals surface area contributed by atoms with Gasteiger partial charge in [0.25, 0.3) is 0 Å². The van der Waals surface area contributed by atoms with Gasteiger partial charge in [-0.2, -0.15) is 0 Å². The van der Waals surface area contributed by atoms with Crippen LogP contribution in [0.5, 0.6) is 0 Å². The van der Waals surface area contributed by atoms with Crippen molar-refractivity contribution >= 4 is 0 Å². The maximum absolute atomic E-state index is 5.76. The lowest BCUT2D eigenvalue weighted by molar-refractivity contribution is -0.0422. The Kier molecular flexibility index (Phi) is 4.79. The molecule has 18 heavy (non-hydrogen) atoms. The van der Waals surface area contributed by atoms with Gasteiger partial charge in [0.2, 0.25) is 0 Å². The Balaban J connectivity index is 1.83. The van der Waals surface area contributed by atoms with Crippen molar-refractivity contribution in [1.29, 1.82) is 0 Å². The van der Waals surface area contributed by atoms with Crippen molar-refractivity contribution in [3.63, 3.8) is 0 Å². The maximum Gasteiger partial charge on any atom is 0.0565 e. The van der Waals surface area contributed by atoms with Crippen molar-refractivity contribution in [2.45, 2.75) is 64.8 Å². The van der Waals surface area contributed by atoms with E-state index in [-0.39, 0.29) is 0 Å². The number of hydrogen-bond donors (Lipinski definition) is 1. The standard InChI is InChI=1S/C16H25NO/c1-4-14-5-7-15(8-6-14)11-17-16-9-12(2)18-13(3)10-16/h5-8,12-13,16-17H,4,9-11H2,1-3H3. The van der Waals surface area contributed by atoms with Gasteiger partial charge >= 0.3 is 0 Å². The second kappa shape index (κ2) is 6.35. The molecule has 0 aromatic heterocycles. The average molecular weight is 247 g/mol. The molecule has 2 nitrogen and oxygen atoms in total. The Hall–Kier alpha value is -0.860. The summed E-state index contributed by atoms with van der Waals surface area (Å²) in [4.78, 5) is 0. The van der Waals surface area contributed by atoms with Gasteiger partial charge in [-0.05, 0) is 44.2 Å². The van der Waals surface area contributed by atoms with Crippen LogP contribution >= 0.6 is 0 Å². The Morgan fingerprint density at radius 2 is 1.61 bits per heavy atom. The van der Waals surface area contributed by atoms with E-state index in [4.69, 9.17) is 4.74 Å². The predicted octanol–water partition coefficient (Wildman–Crippen LogP) is 3.29. The van der Waals surface area contributed by atoms with Crippen LogP contribution < -0.4 is 5.32 Å². The molecule has 2 rings (SSSR count). The van der Waals surface area contributed by atoms with E-state index in [2.05, 4.69) is 50.4 Å². The third-order valence-corrected chi connectivity index (χ3v) is 3.72. The lowest BCUT2D eigenvalue weighted by Gasteiger charge is -2.32. The Labute approximate surface area is 111 Å². The molecule has 0 amide bonds. The fraction of sp³-hybridized carbons (Fsp3) is 0.625. The first kappa shape index (κ1) is 13.6. The van der Waals surface area contributed by atoms with Gasteiger partial charge in [-0.15, -0.1) is 0 Å². The molecule has 1 fully saturated rings. The van der Waals surface area contributed by atoms with Gasteiger partial charge in [-0.25, -0.2) is 0 Å². The lowest BCUT2D eigenvalue weighted by atomic mass is 9.99. The summed E-state index contributed by atoms with van der Waals surface area (Å²) in [7, 11) is 0. The van der Waals surface area contributed by atoms with Crippen LogP contribution in [0.3, 0.4) is 0 Å². The van der Waals surface area contributed by atoms with Gasteiger partial charge in [-0.1, -0.05) is 31.2 Å². The van der Waals surface area contributed by atoms with Gasteiger partial charge < -0.3 is 10.1 Å². The highest BCUT2D eigenvalue weighted by atomic mass is 16.5. The van der Waals surface area contributed by atoms with E-state index in [0.29, 0.717) is 18.2 Å². The van der Waals surface area contributed by atoms with Crippen LogP contribution in [-0.4, -0.2) is 18.2 Å². The highest BCUT2D eigenvalue weighted by molar-refractivity contribution is 5.22. The molecule has 0 radical (unpaired) electrons. The van der Waals surface area contributed by atoms with Crippen LogP contribution in [-0.2, 0) is 17.7 Å². The Bertz CT molecular complexity index is 350. The lowest BCUT2D eigenvalue weighted by Crippen LogP contribution is -2.40. The zero-order valence-corrected chi connectivity index (χ0v) is 11.8. The molecule has 1 aliphatic rings. The summed E-state index contributed by atoms with van der Waals surface area (Å²) in [6.45, 7) is 7.49. The topological polar surface area (TPSA) is 21.3 Å². The molecule has 2 unspecified atom stereocenters. The number of nitrogens with one attached hydrogen (secondary N) is 1. The van der Waals surface area contributed by atoms with E-state index in [9.17, 15) is 0 Å². The van der Waals surface area contributed by atoms with Crippen molar-refractivity contribution in [3.05, 3.63) is 35.4 Å². The summed E-state index contributed by atoms with van der Waals surface area (Å²) in [6, 6.07) is 9.52. The minimum atomic E-state index is 0.383. The zero-order chi connectivity index (χ0) is 13.0. The minimum Gasteiger partial charge on any atom is -0.375 e. The van der Waals surface area contributed by atoms with Crippen LogP contribution in [0, 0.1) is 0 Å². The Morgan fingerprint density at radius 3 is 2.17 bits per heavy atom. The van der Waals surface area contributed by atoms with E-state index in [1.54, 1.807) is 0 Å². The molecular formula is C16H25NO. The van der Waals surface area contributed by atoms with E-state index >= 15 is 0 Å². The van der Waals surface area contributed by atoms with E-state index in [0.717, 1.165) is 25.8 Å². The van der Waals surface area contributed by atoms with Gasteiger partial charge in [-0.3, -0.25) is 0 Å². The molecule has 0 saturated carbocycles. The third kappa shape index (κ3) is 3.82. The molecule has 1 N–H and O–H groups in total. The van der Waals surface area contributed by atoms with Crippen LogP contribution in [0.2, 0.25) is 0 Å². The molecule has 1 aromatic rings. The quantitative estimate of drug-likeness (QED) is 0.881. The highest BCUT2D eigenvalue weighted by Crippen LogP contribution is 2.19. The number of rotatable bonds is 4. The van der Waals surface area contributed by atoms with Crippen LogP contribution in [0.1, 0.15) is 44.7 Å². The summed E-state index contributed by atoms with van der Waals surface area (Å²) in [6.07, 6.45) is 4.12. The third-order valence-electron chi connectivity index (χ3n) is 3.72. The first-order valence-corrected chi connectivity index (χ1v) is 7.14. The molecule has 2 heteroatoms. The van der Waals surface area contributed by atoms with E-state index in [1.807, 2.05) is 0 Å². The summed E-state index contributed by atoms with van der Waals surface area (Å²) >= 11 is 0. The van der Waals surface area contributed by atoms with Crippen molar-refractivity contribution in [3.8, 4) is 0 Å². The molecule has 0 spiro atoms. The van der Waals surface area contributed by atoms with Gasteiger partial charge in [0.1, 0.15) is 0 Å².